The molecule has 2 heteroatoms. The molecule has 3 aliphatic rings. The zero-order valence-corrected chi connectivity index (χ0v) is 8.32. The van der Waals surface area contributed by atoms with E-state index in [-0.39, 0.29) is 0 Å². The van der Waals surface area contributed by atoms with Crippen LogP contribution in [0.5, 0.6) is 5.75 Å². The molecule has 2 saturated heterocycles. The van der Waals surface area contributed by atoms with Gasteiger partial charge in [-0.3, -0.25) is 0 Å². The zero-order valence-electron chi connectivity index (χ0n) is 8.32. The minimum atomic E-state index is 0.344. The van der Waals surface area contributed by atoms with E-state index < -0.39 is 0 Å². The molecule has 0 aromatic heterocycles. The fourth-order valence-corrected chi connectivity index (χ4v) is 2.59. The molecule has 2 bridgehead atoms. The van der Waals surface area contributed by atoms with Crippen molar-refractivity contribution in [1.82, 2.24) is 0 Å². The average molecular weight is 190 g/mol. The molecule has 3 fully saturated rings. The van der Waals surface area contributed by atoms with Gasteiger partial charge < -0.3 is 9.47 Å². The van der Waals surface area contributed by atoms with E-state index >= 15 is 0 Å². The van der Waals surface area contributed by atoms with Crippen LogP contribution in [-0.2, 0) is 10.2 Å². The van der Waals surface area contributed by atoms with Gasteiger partial charge in [-0.05, 0) is 30.5 Å². The molecule has 2 nitrogen and oxygen atoms in total. The van der Waals surface area contributed by atoms with Gasteiger partial charge in [0.15, 0.2) is 0 Å². The molecule has 2 heterocycles. The van der Waals surface area contributed by atoms with Gasteiger partial charge in [0.05, 0.1) is 19.8 Å². The summed E-state index contributed by atoms with van der Waals surface area (Å²) >= 11 is 0. The third-order valence-corrected chi connectivity index (χ3v) is 3.53. The van der Waals surface area contributed by atoms with Crippen molar-refractivity contribution in [2.75, 3.05) is 13.7 Å². The highest BCUT2D eigenvalue weighted by Gasteiger charge is 2.52. The van der Waals surface area contributed by atoms with Crippen LogP contribution in [0.2, 0.25) is 0 Å². The van der Waals surface area contributed by atoms with E-state index in [4.69, 9.17) is 9.47 Å². The molecule has 0 unspecified atom stereocenters. The van der Waals surface area contributed by atoms with Crippen molar-refractivity contribution in [1.29, 1.82) is 0 Å². The summed E-state index contributed by atoms with van der Waals surface area (Å²) in [4.78, 5) is 0. The molecule has 1 aromatic rings. The molecule has 74 valence electrons. The molecule has 1 saturated carbocycles. The van der Waals surface area contributed by atoms with Crippen molar-refractivity contribution in [3.8, 4) is 5.75 Å². The van der Waals surface area contributed by atoms with Crippen molar-refractivity contribution in [2.45, 2.75) is 24.4 Å². The quantitative estimate of drug-likeness (QED) is 0.711. The highest BCUT2D eigenvalue weighted by molar-refractivity contribution is 5.36. The first-order valence-corrected chi connectivity index (χ1v) is 5.09. The predicted octanol–water partition coefficient (Wildman–Crippen LogP) is 2.13. The second-order valence-electron chi connectivity index (χ2n) is 4.35. The molecule has 1 aliphatic carbocycles. The molecule has 0 atom stereocenters. The van der Waals surface area contributed by atoms with Crippen LogP contribution in [0.3, 0.4) is 0 Å². The van der Waals surface area contributed by atoms with Gasteiger partial charge in [-0.1, -0.05) is 12.1 Å². The average Bonchev–Trinajstić information content (AvgIpc) is 2.77. The Hall–Kier alpha value is -1.02. The summed E-state index contributed by atoms with van der Waals surface area (Å²) in [5.74, 6) is 0.930. The monoisotopic (exact) mass is 190 g/mol. The molecule has 1 aromatic carbocycles. The van der Waals surface area contributed by atoms with Crippen molar-refractivity contribution in [3.05, 3.63) is 29.8 Å². The SMILES string of the molecule is COc1ccc(C23COC(C2)C3)cc1. The second kappa shape index (κ2) is 2.74. The van der Waals surface area contributed by atoms with E-state index in [0.717, 1.165) is 12.4 Å². The number of hydrogen-bond acceptors (Lipinski definition) is 2. The molecule has 0 amide bonds. The summed E-state index contributed by atoms with van der Waals surface area (Å²) in [5.41, 5.74) is 1.75. The van der Waals surface area contributed by atoms with Crippen LogP contribution >= 0.6 is 0 Å². The number of ether oxygens (including phenoxy) is 2. The van der Waals surface area contributed by atoms with Crippen molar-refractivity contribution in [2.24, 2.45) is 0 Å². The van der Waals surface area contributed by atoms with Crippen molar-refractivity contribution >= 4 is 0 Å². The van der Waals surface area contributed by atoms with Crippen LogP contribution in [0.1, 0.15) is 18.4 Å². The smallest absolute Gasteiger partial charge is 0.118 e. The lowest BCUT2D eigenvalue weighted by molar-refractivity contribution is 0.123. The molecule has 0 spiro atoms. The number of fused-ring (bicyclic) bond motifs is 1. The first-order valence-electron chi connectivity index (χ1n) is 5.09. The van der Waals surface area contributed by atoms with E-state index in [1.54, 1.807) is 7.11 Å². The van der Waals surface area contributed by atoms with Gasteiger partial charge in [0.1, 0.15) is 5.75 Å². The third kappa shape index (κ3) is 1.01. The van der Waals surface area contributed by atoms with Crippen LogP contribution in [0, 0.1) is 0 Å². The molecule has 14 heavy (non-hydrogen) atoms. The third-order valence-electron chi connectivity index (χ3n) is 3.53. The molecular weight excluding hydrogens is 176 g/mol. The largest absolute Gasteiger partial charge is 0.497 e. The lowest BCUT2D eigenvalue weighted by atomic mass is 9.66. The Morgan fingerprint density at radius 2 is 2.00 bits per heavy atom. The Morgan fingerprint density at radius 1 is 1.29 bits per heavy atom. The first kappa shape index (κ1) is 8.30. The lowest BCUT2D eigenvalue weighted by Gasteiger charge is -2.35. The minimum absolute atomic E-state index is 0.344. The number of methoxy groups -OCH3 is 1. The first-order chi connectivity index (χ1) is 6.82. The Balaban J connectivity index is 1.90. The molecule has 4 rings (SSSR count). The number of hydrogen-bond donors (Lipinski definition) is 0. The Bertz CT molecular complexity index is 330. The maximum atomic E-state index is 5.61. The number of rotatable bonds is 2. The second-order valence-corrected chi connectivity index (χ2v) is 4.35. The Kier molecular flexibility index (Phi) is 1.62. The fourth-order valence-electron chi connectivity index (χ4n) is 2.59. The topological polar surface area (TPSA) is 18.5 Å². The molecule has 0 radical (unpaired) electrons. The normalized spacial score (nSPS) is 33.9. The summed E-state index contributed by atoms with van der Waals surface area (Å²) < 4.78 is 10.8. The van der Waals surface area contributed by atoms with Gasteiger partial charge in [0.2, 0.25) is 0 Å². The highest BCUT2D eigenvalue weighted by Crippen LogP contribution is 2.51. The van der Waals surface area contributed by atoms with Gasteiger partial charge in [-0.2, -0.15) is 0 Å². The molecule has 0 N–H and O–H groups in total. The van der Waals surface area contributed by atoms with E-state index in [1.165, 1.54) is 18.4 Å². The van der Waals surface area contributed by atoms with Crippen LogP contribution < -0.4 is 4.74 Å². The van der Waals surface area contributed by atoms with E-state index in [1.807, 2.05) is 12.1 Å². The summed E-state index contributed by atoms with van der Waals surface area (Å²) in [5, 5.41) is 0. The Labute approximate surface area is 83.8 Å². The minimum Gasteiger partial charge on any atom is -0.497 e. The zero-order chi connectivity index (χ0) is 9.60. The summed E-state index contributed by atoms with van der Waals surface area (Å²) in [6.45, 7) is 0.907. The van der Waals surface area contributed by atoms with Crippen LogP contribution in [0.15, 0.2) is 24.3 Å². The number of benzene rings is 1. The van der Waals surface area contributed by atoms with Gasteiger partial charge >= 0.3 is 0 Å². The standard InChI is InChI=1S/C12H14O2/c1-13-10-4-2-9(3-5-10)12-6-11(7-12)14-8-12/h2-5,11H,6-8H2,1H3. The molecule has 2 aliphatic heterocycles. The molecular formula is C12H14O2. The van der Waals surface area contributed by atoms with Gasteiger partial charge in [-0.15, -0.1) is 0 Å². The maximum Gasteiger partial charge on any atom is 0.118 e. The predicted molar refractivity (Wildman–Crippen MR) is 53.6 cm³/mol. The maximum absolute atomic E-state index is 5.61. The van der Waals surface area contributed by atoms with Crippen LogP contribution in [-0.4, -0.2) is 19.8 Å². The van der Waals surface area contributed by atoms with Gasteiger partial charge in [-0.25, -0.2) is 0 Å². The van der Waals surface area contributed by atoms with Crippen LogP contribution in [0.4, 0.5) is 0 Å². The summed E-state index contributed by atoms with van der Waals surface area (Å²) in [6.07, 6.45) is 2.95. The van der Waals surface area contributed by atoms with Crippen LogP contribution in [0.25, 0.3) is 0 Å². The highest BCUT2D eigenvalue weighted by atomic mass is 16.5. The fraction of sp³-hybridized carbons (Fsp3) is 0.500. The van der Waals surface area contributed by atoms with E-state index in [0.29, 0.717) is 11.5 Å². The van der Waals surface area contributed by atoms with E-state index in [9.17, 15) is 0 Å². The summed E-state index contributed by atoms with van der Waals surface area (Å²) in [7, 11) is 1.70. The Morgan fingerprint density at radius 3 is 2.50 bits per heavy atom. The lowest BCUT2D eigenvalue weighted by Crippen LogP contribution is -2.36. The van der Waals surface area contributed by atoms with Gasteiger partial charge in [0.25, 0.3) is 0 Å². The van der Waals surface area contributed by atoms with Crippen molar-refractivity contribution in [3.63, 3.8) is 0 Å². The summed E-state index contributed by atoms with van der Waals surface area (Å²) in [6, 6.07) is 8.42. The van der Waals surface area contributed by atoms with Crippen molar-refractivity contribution < 1.29 is 9.47 Å². The van der Waals surface area contributed by atoms with E-state index in [2.05, 4.69) is 12.1 Å². The van der Waals surface area contributed by atoms with Gasteiger partial charge in [0, 0.05) is 5.41 Å².